The summed E-state index contributed by atoms with van der Waals surface area (Å²) in [5, 5.41) is 7.49. The first-order valence-electron chi connectivity index (χ1n) is 7.44. The standard InChI is InChI=1S/C16H19N3O/c1-2-4-13-8-11(7-12(13)3-1)9-15-17-16(19-18-15)14-5-6-20-10-14/h1-4,11,14H,5-10H2,(H,17,18,19)/t14-/m1/s1. The molecule has 104 valence electrons. The van der Waals surface area contributed by atoms with Gasteiger partial charge in [0.2, 0.25) is 0 Å². The van der Waals surface area contributed by atoms with Crippen LogP contribution in [0.2, 0.25) is 0 Å². The van der Waals surface area contributed by atoms with Crippen molar-refractivity contribution in [2.45, 2.75) is 31.6 Å². The van der Waals surface area contributed by atoms with Gasteiger partial charge >= 0.3 is 0 Å². The second kappa shape index (κ2) is 5.02. The number of ether oxygens (including phenoxy) is 1. The Bertz CT molecular complexity index is 576. The molecule has 0 radical (unpaired) electrons. The van der Waals surface area contributed by atoms with E-state index in [0.717, 1.165) is 37.7 Å². The maximum Gasteiger partial charge on any atom is 0.156 e. The van der Waals surface area contributed by atoms with E-state index < -0.39 is 0 Å². The molecule has 1 atom stereocenters. The normalized spacial score (nSPS) is 22.3. The Hall–Kier alpha value is -1.68. The summed E-state index contributed by atoms with van der Waals surface area (Å²) in [6, 6.07) is 8.76. The van der Waals surface area contributed by atoms with E-state index in [2.05, 4.69) is 39.4 Å². The second-order valence-corrected chi connectivity index (χ2v) is 5.95. The zero-order valence-electron chi connectivity index (χ0n) is 11.5. The fourth-order valence-corrected chi connectivity index (χ4v) is 3.39. The molecule has 0 spiro atoms. The van der Waals surface area contributed by atoms with Crippen molar-refractivity contribution >= 4 is 0 Å². The summed E-state index contributed by atoms with van der Waals surface area (Å²) in [5.41, 5.74) is 3.00. The number of aromatic amines is 1. The van der Waals surface area contributed by atoms with Crippen LogP contribution in [0, 0.1) is 5.92 Å². The summed E-state index contributed by atoms with van der Waals surface area (Å²) in [6.07, 6.45) is 4.37. The summed E-state index contributed by atoms with van der Waals surface area (Å²) in [6.45, 7) is 1.61. The van der Waals surface area contributed by atoms with Gasteiger partial charge in [0, 0.05) is 18.9 Å². The molecule has 1 N–H and O–H groups in total. The monoisotopic (exact) mass is 269 g/mol. The summed E-state index contributed by atoms with van der Waals surface area (Å²) < 4.78 is 5.40. The van der Waals surface area contributed by atoms with E-state index in [4.69, 9.17) is 4.74 Å². The smallest absolute Gasteiger partial charge is 0.156 e. The number of H-pyrrole nitrogens is 1. The van der Waals surface area contributed by atoms with Crippen molar-refractivity contribution in [3.05, 3.63) is 47.0 Å². The lowest BCUT2D eigenvalue weighted by Gasteiger charge is -2.05. The van der Waals surface area contributed by atoms with Crippen LogP contribution in [-0.2, 0) is 24.0 Å². The summed E-state index contributed by atoms with van der Waals surface area (Å²) in [5.74, 6) is 3.02. The number of hydrogen-bond donors (Lipinski definition) is 1. The van der Waals surface area contributed by atoms with Gasteiger partial charge in [0.15, 0.2) is 5.82 Å². The number of rotatable bonds is 3. The van der Waals surface area contributed by atoms with Crippen molar-refractivity contribution in [3.8, 4) is 0 Å². The Kier molecular flexibility index (Phi) is 3.03. The SMILES string of the molecule is c1ccc2c(c1)CC(Cc1nc([C@@H]3CCOC3)n[nH]1)C2. The van der Waals surface area contributed by atoms with E-state index in [0.29, 0.717) is 11.8 Å². The largest absolute Gasteiger partial charge is 0.381 e. The highest BCUT2D eigenvalue weighted by molar-refractivity contribution is 5.32. The van der Waals surface area contributed by atoms with Gasteiger partial charge in [0.05, 0.1) is 6.61 Å². The highest BCUT2D eigenvalue weighted by atomic mass is 16.5. The number of fused-ring (bicyclic) bond motifs is 1. The molecule has 1 aromatic heterocycles. The van der Waals surface area contributed by atoms with Gasteiger partial charge in [-0.2, -0.15) is 5.10 Å². The average Bonchev–Trinajstić information content (AvgIpc) is 3.18. The Labute approximate surface area is 118 Å². The third kappa shape index (κ3) is 2.24. The van der Waals surface area contributed by atoms with E-state index in [1.54, 1.807) is 0 Å². The van der Waals surface area contributed by atoms with Crippen molar-refractivity contribution in [1.29, 1.82) is 0 Å². The second-order valence-electron chi connectivity index (χ2n) is 5.95. The van der Waals surface area contributed by atoms with E-state index in [9.17, 15) is 0 Å². The van der Waals surface area contributed by atoms with Crippen LogP contribution in [0.5, 0.6) is 0 Å². The van der Waals surface area contributed by atoms with Gasteiger partial charge in [-0.15, -0.1) is 0 Å². The lowest BCUT2D eigenvalue weighted by Crippen LogP contribution is -2.06. The van der Waals surface area contributed by atoms with Gasteiger partial charge in [-0.25, -0.2) is 4.98 Å². The van der Waals surface area contributed by atoms with Crippen LogP contribution in [0.4, 0.5) is 0 Å². The van der Waals surface area contributed by atoms with E-state index >= 15 is 0 Å². The molecule has 4 nitrogen and oxygen atoms in total. The van der Waals surface area contributed by atoms with Gasteiger partial charge in [-0.05, 0) is 36.3 Å². The molecule has 0 unspecified atom stereocenters. The summed E-state index contributed by atoms with van der Waals surface area (Å²) in [4.78, 5) is 4.67. The predicted octanol–water partition coefficient (Wildman–Crippen LogP) is 2.27. The highest BCUT2D eigenvalue weighted by Gasteiger charge is 2.25. The first-order chi connectivity index (χ1) is 9.88. The van der Waals surface area contributed by atoms with Crippen molar-refractivity contribution in [2.75, 3.05) is 13.2 Å². The topological polar surface area (TPSA) is 50.8 Å². The minimum atomic E-state index is 0.390. The molecule has 2 aromatic rings. The molecule has 1 saturated heterocycles. The fourth-order valence-electron chi connectivity index (χ4n) is 3.39. The maximum atomic E-state index is 5.40. The minimum Gasteiger partial charge on any atom is -0.381 e. The van der Waals surface area contributed by atoms with Crippen LogP contribution in [0.1, 0.15) is 35.1 Å². The Balaban J connectivity index is 1.43. The van der Waals surface area contributed by atoms with Crippen molar-refractivity contribution in [1.82, 2.24) is 15.2 Å². The van der Waals surface area contributed by atoms with E-state index in [1.165, 1.54) is 24.0 Å². The van der Waals surface area contributed by atoms with Gasteiger partial charge in [-0.1, -0.05) is 24.3 Å². The van der Waals surface area contributed by atoms with Gasteiger partial charge in [0.1, 0.15) is 5.82 Å². The van der Waals surface area contributed by atoms with Crippen LogP contribution in [0.3, 0.4) is 0 Å². The van der Waals surface area contributed by atoms with Crippen LogP contribution in [0.25, 0.3) is 0 Å². The number of nitrogens with zero attached hydrogens (tertiary/aromatic N) is 2. The summed E-state index contributed by atoms with van der Waals surface area (Å²) >= 11 is 0. The molecular formula is C16H19N3O. The molecular weight excluding hydrogens is 250 g/mol. The zero-order chi connectivity index (χ0) is 13.4. The van der Waals surface area contributed by atoms with Crippen molar-refractivity contribution in [3.63, 3.8) is 0 Å². The number of aromatic nitrogens is 3. The maximum absolute atomic E-state index is 5.40. The van der Waals surface area contributed by atoms with Gasteiger partial charge in [-0.3, -0.25) is 5.10 Å². The van der Waals surface area contributed by atoms with Crippen LogP contribution in [0.15, 0.2) is 24.3 Å². The number of benzene rings is 1. The molecule has 0 saturated carbocycles. The Morgan fingerprint density at radius 1 is 1.20 bits per heavy atom. The van der Waals surface area contributed by atoms with Crippen LogP contribution in [-0.4, -0.2) is 28.4 Å². The van der Waals surface area contributed by atoms with Gasteiger partial charge in [0.25, 0.3) is 0 Å². The third-order valence-corrected chi connectivity index (χ3v) is 4.46. The first-order valence-corrected chi connectivity index (χ1v) is 7.44. The Morgan fingerprint density at radius 3 is 2.70 bits per heavy atom. The zero-order valence-corrected chi connectivity index (χ0v) is 11.5. The average molecular weight is 269 g/mol. The molecule has 4 heteroatoms. The number of nitrogens with one attached hydrogen (secondary N) is 1. The third-order valence-electron chi connectivity index (χ3n) is 4.46. The lowest BCUT2D eigenvalue weighted by atomic mass is 10.0. The van der Waals surface area contributed by atoms with Crippen LogP contribution < -0.4 is 0 Å². The summed E-state index contributed by atoms with van der Waals surface area (Å²) in [7, 11) is 0. The van der Waals surface area contributed by atoms with E-state index in [-0.39, 0.29) is 0 Å². The fraction of sp³-hybridized carbons (Fsp3) is 0.500. The van der Waals surface area contributed by atoms with Crippen molar-refractivity contribution in [2.24, 2.45) is 5.92 Å². The molecule has 2 heterocycles. The molecule has 1 aliphatic heterocycles. The molecule has 1 aromatic carbocycles. The molecule has 1 aliphatic carbocycles. The lowest BCUT2D eigenvalue weighted by molar-refractivity contribution is 0.193. The highest BCUT2D eigenvalue weighted by Crippen LogP contribution is 2.29. The predicted molar refractivity (Wildman–Crippen MR) is 75.6 cm³/mol. The molecule has 1 fully saturated rings. The first kappa shape index (κ1) is 12.1. The molecule has 20 heavy (non-hydrogen) atoms. The number of hydrogen-bond acceptors (Lipinski definition) is 3. The quantitative estimate of drug-likeness (QED) is 0.930. The molecule has 2 aliphatic rings. The van der Waals surface area contributed by atoms with Crippen molar-refractivity contribution < 1.29 is 4.74 Å². The van der Waals surface area contributed by atoms with Crippen LogP contribution >= 0.6 is 0 Å². The molecule has 4 rings (SSSR count). The minimum absolute atomic E-state index is 0.390. The molecule has 0 bridgehead atoms. The molecule has 0 amide bonds. The van der Waals surface area contributed by atoms with Gasteiger partial charge < -0.3 is 4.74 Å². The van der Waals surface area contributed by atoms with E-state index in [1.807, 2.05) is 0 Å². The Morgan fingerprint density at radius 2 is 2.00 bits per heavy atom.